The lowest BCUT2D eigenvalue weighted by Gasteiger charge is -2.01. The topological polar surface area (TPSA) is 52.6 Å². The van der Waals surface area contributed by atoms with E-state index in [1.807, 2.05) is 0 Å². The molecule has 0 heterocycles. The third kappa shape index (κ3) is 4.30. The maximum Gasteiger partial charge on any atom is 0.333 e. The molecule has 0 aromatic rings. The molecule has 0 amide bonds. The third-order valence-corrected chi connectivity index (χ3v) is 1.41. The van der Waals surface area contributed by atoms with Crippen molar-refractivity contribution in [3.63, 3.8) is 0 Å². The molecule has 0 aromatic carbocycles. The number of rotatable bonds is 4. The standard InChI is InChI=1S/C9H14O4/c1-4-7(9(11)12-3)6-8(10)13-5-2/h6H,4-5H2,1-3H3/b7-6-. The van der Waals surface area contributed by atoms with Crippen molar-refractivity contribution in [3.8, 4) is 0 Å². The van der Waals surface area contributed by atoms with Crippen LogP contribution in [0.2, 0.25) is 0 Å². The smallest absolute Gasteiger partial charge is 0.333 e. The van der Waals surface area contributed by atoms with E-state index in [-0.39, 0.29) is 0 Å². The zero-order valence-electron chi connectivity index (χ0n) is 8.12. The molecule has 0 unspecified atom stereocenters. The lowest BCUT2D eigenvalue weighted by Crippen LogP contribution is -2.08. The summed E-state index contributed by atoms with van der Waals surface area (Å²) in [5.74, 6) is -1.000. The predicted octanol–water partition coefficient (Wildman–Crippen LogP) is 1.06. The Balaban J connectivity index is 4.37. The molecule has 0 bridgehead atoms. The molecule has 0 saturated carbocycles. The molecule has 0 atom stereocenters. The molecule has 0 saturated heterocycles. The molecule has 0 N–H and O–H groups in total. The van der Waals surface area contributed by atoms with Crippen molar-refractivity contribution in [2.45, 2.75) is 20.3 Å². The monoisotopic (exact) mass is 186 g/mol. The summed E-state index contributed by atoms with van der Waals surface area (Å²) in [5, 5.41) is 0. The van der Waals surface area contributed by atoms with E-state index in [0.29, 0.717) is 18.6 Å². The number of methoxy groups -OCH3 is 1. The van der Waals surface area contributed by atoms with Crippen molar-refractivity contribution in [2.75, 3.05) is 13.7 Å². The summed E-state index contributed by atoms with van der Waals surface area (Å²) < 4.78 is 9.11. The lowest BCUT2D eigenvalue weighted by molar-refractivity contribution is -0.139. The van der Waals surface area contributed by atoms with E-state index in [9.17, 15) is 9.59 Å². The van der Waals surface area contributed by atoms with Crippen LogP contribution in [0.25, 0.3) is 0 Å². The van der Waals surface area contributed by atoms with E-state index < -0.39 is 11.9 Å². The van der Waals surface area contributed by atoms with Crippen LogP contribution in [0.3, 0.4) is 0 Å². The second-order valence-corrected chi connectivity index (χ2v) is 2.27. The fourth-order valence-corrected chi connectivity index (χ4v) is 0.763. The van der Waals surface area contributed by atoms with Gasteiger partial charge in [0.05, 0.1) is 13.7 Å². The van der Waals surface area contributed by atoms with E-state index in [0.717, 1.165) is 6.08 Å². The van der Waals surface area contributed by atoms with Crippen LogP contribution in [0.4, 0.5) is 0 Å². The maximum absolute atomic E-state index is 11.0. The SMILES string of the molecule is CCOC(=O)/C=C(/CC)C(=O)OC. The summed E-state index contributed by atoms with van der Waals surface area (Å²) in [7, 11) is 1.27. The van der Waals surface area contributed by atoms with E-state index >= 15 is 0 Å². The van der Waals surface area contributed by atoms with E-state index in [1.165, 1.54) is 7.11 Å². The zero-order chi connectivity index (χ0) is 10.3. The van der Waals surface area contributed by atoms with Crippen molar-refractivity contribution >= 4 is 11.9 Å². The van der Waals surface area contributed by atoms with E-state index in [4.69, 9.17) is 0 Å². The number of esters is 2. The molecule has 0 aliphatic rings. The fraction of sp³-hybridized carbons (Fsp3) is 0.556. The van der Waals surface area contributed by atoms with Gasteiger partial charge in [-0.3, -0.25) is 0 Å². The zero-order valence-corrected chi connectivity index (χ0v) is 8.12. The summed E-state index contributed by atoms with van der Waals surface area (Å²) >= 11 is 0. The molecule has 4 heteroatoms. The molecular formula is C9H14O4. The van der Waals surface area contributed by atoms with Crippen LogP contribution >= 0.6 is 0 Å². The van der Waals surface area contributed by atoms with Crippen LogP contribution < -0.4 is 0 Å². The summed E-state index contributed by atoms with van der Waals surface area (Å²) in [4.78, 5) is 21.9. The number of hydrogen-bond acceptors (Lipinski definition) is 4. The highest BCUT2D eigenvalue weighted by molar-refractivity contribution is 5.96. The van der Waals surface area contributed by atoms with Gasteiger partial charge in [0.15, 0.2) is 0 Å². The molecular weight excluding hydrogens is 172 g/mol. The fourth-order valence-electron chi connectivity index (χ4n) is 0.763. The first-order valence-electron chi connectivity index (χ1n) is 4.11. The average Bonchev–Trinajstić information content (AvgIpc) is 2.13. The van der Waals surface area contributed by atoms with Crippen molar-refractivity contribution in [1.29, 1.82) is 0 Å². The van der Waals surface area contributed by atoms with Gasteiger partial charge in [0.25, 0.3) is 0 Å². The van der Waals surface area contributed by atoms with Gasteiger partial charge in [-0.05, 0) is 13.3 Å². The molecule has 13 heavy (non-hydrogen) atoms. The van der Waals surface area contributed by atoms with Gasteiger partial charge >= 0.3 is 11.9 Å². The van der Waals surface area contributed by atoms with Gasteiger partial charge < -0.3 is 9.47 Å². The minimum atomic E-state index is -0.509. The predicted molar refractivity (Wildman–Crippen MR) is 47.0 cm³/mol. The Morgan fingerprint density at radius 1 is 1.31 bits per heavy atom. The normalized spacial score (nSPS) is 10.8. The Hall–Kier alpha value is -1.32. The van der Waals surface area contributed by atoms with Gasteiger partial charge in [-0.25, -0.2) is 9.59 Å². The molecule has 4 nitrogen and oxygen atoms in total. The first-order valence-corrected chi connectivity index (χ1v) is 4.11. The highest BCUT2D eigenvalue weighted by Gasteiger charge is 2.09. The number of carbonyl (C=O) groups excluding carboxylic acids is 2. The number of ether oxygens (including phenoxy) is 2. The Kier molecular flexibility index (Phi) is 5.59. The molecule has 74 valence electrons. The van der Waals surface area contributed by atoms with Crippen molar-refractivity contribution in [2.24, 2.45) is 0 Å². The van der Waals surface area contributed by atoms with Gasteiger partial charge in [0, 0.05) is 11.6 Å². The molecule has 0 fully saturated rings. The van der Waals surface area contributed by atoms with E-state index in [2.05, 4.69) is 9.47 Å². The Morgan fingerprint density at radius 2 is 1.92 bits per heavy atom. The first-order chi connectivity index (χ1) is 6.15. The maximum atomic E-state index is 11.0. The summed E-state index contributed by atoms with van der Waals surface area (Å²) in [6.45, 7) is 3.77. The van der Waals surface area contributed by atoms with Crippen LogP contribution in [0.1, 0.15) is 20.3 Å². The lowest BCUT2D eigenvalue weighted by atomic mass is 10.2. The summed E-state index contributed by atoms with van der Waals surface area (Å²) in [6, 6.07) is 0. The average molecular weight is 186 g/mol. The van der Waals surface area contributed by atoms with Gasteiger partial charge in [-0.2, -0.15) is 0 Å². The highest BCUT2D eigenvalue weighted by Crippen LogP contribution is 2.03. The number of carbonyl (C=O) groups is 2. The van der Waals surface area contributed by atoms with Gasteiger partial charge in [0.1, 0.15) is 0 Å². The van der Waals surface area contributed by atoms with E-state index in [1.54, 1.807) is 13.8 Å². The van der Waals surface area contributed by atoms with Crippen LogP contribution in [-0.2, 0) is 19.1 Å². The number of hydrogen-bond donors (Lipinski definition) is 0. The quantitative estimate of drug-likeness (QED) is 0.486. The van der Waals surface area contributed by atoms with Crippen molar-refractivity contribution in [3.05, 3.63) is 11.6 Å². The second kappa shape index (κ2) is 6.22. The first kappa shape index (κ1) is 11.7. The molecule has 0 aliphatic carbocycles. The molecule has 0 radical (unpaired) electrons. The van der Waals surface area contributed by atoms with Gasteiger partial charge in [0.2, 0.25) is 0 Å². The molecule has 0 aromatic heterocycles. The van der Waals surface area contributed by atoms with Crippen molar-refractivity contribution in [1.82, 2.24) is 0 Å². The van der Waals surface area contributed by atoms with Crippen LogP contribution in [0, 0.1) is 0 Å². The van der Waals surface area contributed by atoms with Gasteiger partial charge in [-0.15, -0.1) is 0 Å². The minimum Gasteiger partial charge on any atom is -0.466 e. The summed E-state index contributed by atoms with van der Waals surface area (Å²) in [5.41, 5.74) is 0.320. The van der Waals surface area contributed by atoms with Crippen LogP contribution in [-0.4, -0.2) is 25.7 Å². The minimum absolute atomic E-state index is 0.299. The summed E-state index contributed by atoms with van der Waals surface area (Å²) in [6.07, 6.45) is 1.61. The Labute approximate surface area is 77.5 Å². The second-order valence-electron chi connectivity index (χ2n) is 2.27. The van der Waals surface area contributed by atoms with Crippen LogP contribution in [0.5, 0.6) is 0 Å². The third-order valence-electron chi connectivity index (χ3n) is 1.41. The Morgan fingerprint density at radius 3 is 2.31 bits per heavy atom. The van der Waals surface area contributed by atoms with Crippen molar-refractivity contribution < 1.29 is 19.1 Å². The molecule has 0 rings (SSSR count). The Bertz CT molecular complexity index is 218. The molecule has 0 spiro atoms. The molecule has 0 aliphatic heterocycles. The van der Waals surface area contributed by atoms with Gasteiger partial charge in [-0.1, -0.05) is 6.92 Å². The van der Waals surface area contributed by atoms with Crippen LogP contribution in [0.15, 0.2) is 11.6 Å². The largest absolute Gasteiger partial charge is 0.466 e. The highest BCUT2D eigenvalue weighted by atomic mass is 16.5.